The number of hydrogen-bond donors (Lipinski definition) is 3. The summed E-state index contributed by atoms with van der Waals surface area (Å²) in [6.45, 7) is 5.99. The van der Waals surface area contributed by atoms with Crippen LogP contribution >= 0.6 is 0 Å². The van der Waals surface area contributed by atoms with Crippen molar-refractivity contribution in [3.8, 4) is 0 Å². The molecule has 0 aliphatic heterocycles. The van der Waals surface area contributed by atoms with Gasteiger partial charge in [0, 0.05) is 24.2 Å². The fraction of sp³-hybridized carbons (Fsp3) is 0.455. The highest BCUT2D eigenvalue weighted by Crippen LogP contribution is 2.24. The predicted octanol–water partition coefficient (Wildman–Crippen LogP) is 0.824. The average molecular weight is 298 g/mol. The summed E-state index contributed by atoms with van der Waals surface area (Å²) in [6, 6.07) is 1.66. The highest BCUT2D eigenvalue weighted by molar-refractivity contribution is 7.92. The highest BCUT2D eigenvalue weighted by atomic mass is 32.2. The van der Waals surface area contributed by atoms with Gasteiger partial charge in [0.25, 0.3) is 10.0 Å². The van der Waals surface area contributed by atoms with E-state index < -0.39 is 10.0 Å². The van der Waals surface area contributed by atoms with E-state index in [-0.39, 0.29) is 22.1 Å². The van der Waals surface area contributed by atoms with E-state index in [0.29, 0.717) is 0 Å². The van der Waals surface area contributed by atoms with E-state index in [9.17, 15) is 8.42 Å². The Hall–Kier alpha value is -2.03. The zero-order valence-electron chi connectivity index (χ0n) is 11.8. The summed E-state index contributed by atoms with van der Waals surface area (Å²) in [6.07, 6.45) is 1.34. The number of nitrogens with zero attached hydrogens (tertiary/aromatic N) is 3. The molecule has 0 spiro atoms. The molecule has 2 aromatic heterocycles. The topological polar surface area (TPSA) is 119 Å². The largest absolute Gasteiger partial charge is 0.381 e. The molecule has 0 radical (unpaired) electrons. The van der Waals surface area contributed by atoms with Crippen molar-refractivity contribution in [2.24, 2.45) is 7.05 Å². The molecule has 0 unspecified atom stereocenters. The number of aromatic nitrogens is 4. The first-order valence-corrected chi connectivity index (χ1v) is 7.45. The smallest absolute Gasteiger partial charge is 0.282 e. The first kappa shape index (κ1) is 14.4. The number of aromatic amines is 1. The summed E-state index contributed by atoms with van der Waals surface area (Å²) in [7, 11) is -2.26. The number of nitrogens with two attached hydrogens (primary N) is 1. The summed E-state index contributed by atoms with van der Waals surface area (Å²) in [5, 5.41) is 6.68. The number of rotatable bonds is 3. The molecule has 20 heavy (non-hydrogen) atoms. The van der Waals surface area contributed by atoms with E-state index in [0.717, 1.165) is 5.69 Å². The summed E-state index contributed by atoms with van der Waals surface area (Å²) >= 11 is 0. The molecule has 0 fully saturated rings. The second kappa shape index (κ2) is 4.51. The van der Waals surface area contributed by atoms with Crippen LogP contribution in [0.5, 0.6) is 0 Å². The van der Waals surface area contributed by atoms with Crippen molar-refractivity contribution in [3.05, 3.63) is 18.1 Å². The molecule has 4 N–H and O–H groups in total. The molecule has 0 bridgehead atoms. The minimum absolute atomic E-state index is 0.0495. The number of imidazole rings is 1. The van der Waals surface area contributed by atoms with Crippen LogP contribution in [-0.4, -0.2) is 28.2 Å². The molecular formula is C11H18N6O2S. The number of nitrogens with one attached hydrogen (secondary N) is 2. The van der Waals surface area contributed by atoms with Crippen molar-refractivity contribution in [2.45, 2.75) is 31.2 Å². The standard InChI is InChI=1S/C11H18N6O2S/c1-11(2,3)7-5-8(15-14-7)16-20(18,19)10-9(12)13-6-17(10)4/h5-6H,12H2,1-4H3,(H2,14,15,16). The third-order valence-electron chi connectivity index (χ3n) is 2.79. The van der Waals surface area contributed by atoms with Gasteiger partial charge in [0.1, 0.15) is 0 Å². The fourth-order valence-electron chi connectivity index (χ4n) is 1.71. The molecule has 2 heterocycles. The second-order valence-electron chi connectivity index (χ2n) is 5.57. The van der Waals surface area contributed by atoms with E-state index >= 15 is 0 Å². The van der Waals surface area contributed by atoms with Crippen LogP contribution in [0, 0.1) is 0 Å². The SMILES string of the molecule is Cn1cnc(N)c1S(=O)(=O)Nc1cc(C(C)(C)C)[nH]n1. The van der Waals surface area contributed by atoms with Gasteiger partial charge in [-0.2, -0.15) is 13.5 Å². The molecule has 0 saturated heterocycles. The fourth-order valence-corrected chi connectivity index (χ4v) is 2.94. The van der Waals surface area contributed by atoms with Crippen LogP contribution < -0.4 is 10.5 Å². The Morgan fingerprint density at radius 3 is 2.50 bits per heavy atom. The van der Waals surface area contributed by atoms with Crippen molar-refractivity contribution >= 4 is 21.7 Å². The Labute approximate surface area is 117 Å². The van der Waals surface area contributed by atoms with Gasteiger partial charge in [0.05, 0.1) is 6.33 Å². The molecule has 9 heteroatoms. The van der Waals surface area contributed by atoms with E-state index in [2.05, 4.69) is 19.9 Å². The number of hydrogen-bond acceptors (Lipinski definition) is 5. The van der Waals surface area contributed by atoms with Gasteiger partial charge in [-0.25, -0.2) is 4.98 Å². The van der Waals surface area contributed by atoms with E-state index in [1.165, 1.54) is 10.9 Å². The number of aryl methyl sites for hydroxylation is 1. The van der Waals surface area contributed by atoms with Gasteiger partial charge in [-0.3, -0.25) is 9.82 Å². The van der Waals surface area contributed by atoms with Gasteiger partial charge < -0.3 is 10.3 Å². The lowest BCUT2D eigenvalue weighted by Gasteiger charge is -2.14. The molecule has 0 amide bonds. The van der Waals surface area contributed by atoms with E-state index in [1.807, 2.05) is 20.8 Å². The minimum atomic E-state index is -3.82. The number of anilines is 2. The Morgan fingerprint density at radius 1 is 1.40 bits per heavy atom. The van der Waals surface area contributed by atoms with Crippen molar-refractivity contribution < 1.29 is 8.42 Å². The second-order valence-corrected chi connectivity index (χ2v) is 7.17. The maximum atomic E-state index is 12.3. The first-order chi connectivity index (χ1) is 9.11. The van der Waals surface area contributed by atoms with Crippen LogP contribution in [0.15, 0.2) is 17.4 Å². The first-order valence-electron chi connectivity index (χ1n) is 5.97. The monoisotopic (exact) mass is 298 g/mol. The van der Waals surface area contributed by atoms with Crippen molar-refractivity contribution in [1.29, 1.82) is 0 Å². The molecule has 0 aromatic carbocycles. The van der Waals surface area contributed by atoms with Crippen molar-refractivity contribution in [2.75, 3.05) is 10.5 Å². The number of nitrogen functional groups attached to an aromatic ring is 1. The van der Waals surface area contributed by atoms with E-state index in [1.54, 1.807) is 13.1 Å². The van der Waals surface area contributed by atoms with Gasteiger partial charge in [-0.05, 0) is 0 Å². The Morgan fingerprint density at radius 2 is 2.05 bits per heavy atom. The molecular weight excluding hydrogens is 280 g/mol. The zero-order chi connectivity index (χ0) is 15.1. The summed E-state index contributed by atoms with van der Waals surface area (Å²) in [5.74, 6) is 0.169. The normalized spacial score (nSPS) is 12.6. The predicted molar refractivity (Wildman–Crippen MR) is 75.7 cm³/mol. The molecule has 2 aromatic rings. The van der Waals surface area contributed by atoms with Crippen LogP contribution in [0.2, 0.25) is 0 Å². The van der Waals surface area contributed by atoms with Gasteiger partial charge in [-0.15, -0.1) is 0 Å². The zero-order valence-corrected chi connectivity index (χ0v) is 12.6. The lowest BCUT2D eigenvalue weighted by molar-refractivity contribution is 0.567. The number of sulfonamides is 1. The van der Waals surface area contributed by atoms with Crippen LogP contribution in [0.25, 0.3) is 0 Å². The average Bonchev–Trinajstić information content (AvgIpc) is 2.84. The maximum absolute atomic E-state index is 12.3. The van der Waals surface area contributed by atoms with Crippen molar-refractivity contribution in [1.82, 2.24) is 19.7 Å². The lowest BCUT2D eigenvalue weighted by atomic mass is 9.92. The van der Waals surface area contributed by atoms with Crippen LogP contribution in [-0.2, 0) is 22.5 Å². The molecule has 0 saturated carbocycles. The highest BCUT2D eigenvalue weighted by Gasteiger charge is 2.24. The molecule has 8 nitrogen and oxygen atoms in total. The van der Waals surface area contributed by atoms with Gasteiger partial charge >= 0.3 is 0 Å². The van der Waals surface area contributed by atoms with E-state index in [4.69, 9.17) is 5.73 Å². The summed E-state index contributed by atoms with van der Waals surface area (Å²) in [5.41, 5.74) is 6.25. The Kier molecular flexibility index (Phi) is 3.24. The minimum Gasteiger partial charge on any atom is -0.381 e. The quantitative estimate of drug-likeness (QED) is 0.775. The van der Waals surface area contributed by atoms with Gasteiger partial charge in [-0.1, -0.05) is 20.8 Å². The Bertz CT molecular complexity index is 703. The molecule has 0 aliphatic rings. The van der Waals surface area contributed by atoms with Crippen LogP contribution in [0.1, 0.15) is 26.5 Å². The lowest BCUT2D eigenvalue weighted by Crippen LogP contribution is -2.17. The molecule has 2 rings (SSSR count). The van der Waals surface area contributed by atoms with Crippen molar-refractivity contribution in [3.63, 3.8) is 0 Å². The van der Waals surface area contributed by atoms with Gasteiger partial charge in [0.2, 0.25) is 0 Å². The summed E-state index contributed by atoms with van der Waals surface area (Å²) < 4.78 is 28.2. The molecule has 0 aliphatic carbocycles. The number of H-pyrrole nitrogens is 1. The van der Waals surface area contributed by atoms with Crippen LogP contribution in [0.4, 0.5) is 11.6 Å². The third kappa shape index (κ3) is 2.62. The Balaban J connectivity index is 2.32. The van der Waals surface area contributed by atoms with Gasteiger partial charge in [0.15, 0.2) is 16.7 Å². The summed E-state index contributed by atoms with van der Waals surface area (Å²) in [4.78, 5) is 3.76. The van der Waals surface area contributed by atoms with Crippen LogP contribution in [0.3, 0.4) is 0 Å². The molecule has 110 valence electrons. The third-order valence-corrected chi connectivity index (χ3v) is 4.27. The molecule has 0 atom stereocenters. The maximum Gasteiger partial charge on any atom is 0.282 e.